The second-order valence-electron chi connectivity index (χ2n) is 5.15. The van der Waals surface area contributed by atoms with E-state index >= 15 is 0 Å². The zero-order valence-corrected chi connectivity index (χ0v) is 11.7. The van der Waals surface area contributed by atoms with Gasteiger partial charge in [0.1, 0.15) is 0 Å². The molecule has 0 aliphatic heterocycles. The summed E-state index contributed by atoms with van der Waals surface area (Å²) >= 11 is 0. The third-order valence-corrected chi connectivity index (χ3v) is 3.43. The summed E-state index contributed by atoms with van der Waals surface area (Å²) in [4.78, 5) is 2.26. The van der Waals surface area contributed by atoms with Crippen molar-refractivity contribution in [3.05, 3.63) is 47.5 Å². The molecule has 1 unspecified atom stereocenters. The van der Waals surface area contributed by atoms with Gasteiger partial charge in [0.2, 0.25) is 0 Å². The fourth-order valence-electron chi connectivity index (χ4n) is 2.38. The Labute approximate surface area is 110 Å². The lowest BCUT2D eigenvalue weighted by Crippen LogP contribution is -2.29. The van der Waals surface area contributed by atoms with Crippen molar-refractivity contribution in [2.24, 2.45) is 0 Å². The zero-order valence-electron chi connectivity index (χ0n) is 11.7. The van der Waals surface area contributed by atoms with Gasteiger partial charge in [0.15, 0.2) is 0 Å². The average molecular weight is 242 g/mol. The Balaban J connectivity index is 2.42. The van der Waals surface area contributed by atoms with Gasteiger partial charge in [0.25, 0.3) is 0 Å². The number of likely N-dealkylation sites (N-methyl/N-ethyl adjacent to an activating group) is 2. The Morgan fingerprint density at radius 1 is 1.06 bits per heavy atom. The van der Waals surface area contributed by atoms with E-state index in [1.54, 1.807) is 0 Å². The van der Waals surface area contributed by atoms with E-state index in [-0.39, 0.29) is 0 Å². The Bertz CT molecular complexity index is 532. The van der Waals surface area contributed by atoms with E-state index < -0.39 is 0 Å². The quantitative estimate of drug-likeness (QED) is 0.886. The van der Waals surface area contributed by atoms with Gasteiger partial charge in [-0.2, -0.15) is 0 Å². The van der Waals surface area contributed by atoms with Gasteiger partial charge in [-0.3, -0.25) is 0 Å². The summed E-state index contributed by atoms with van der Waals surface area (Å²) in [7, 11) is 6.25. The number of aryl methyl sites for hydroxylation is 1. The number of benzene rings is 2. The van der Waals surface area contributed by atoms with Crippen molar-refractivity contribution < 1.29 is 0 Å². The topological polar surface area (TPSA) is 15.3 Å². The van der Waals surface area contributed by atoms with Crippen LogP contribution in [-0.2, 0) is 0 Å². The molecule has 0 spiro atoms. The molecular formula is C16H22N2. The molecule has 0 radical (unpaired) electrons. The molecule has 0 amide bonds. The fraction of sp³-hybridized carbons (Fsp3) is 0.375. The molecule has 2 nitrogen and oxygen atoms in total. The maximum atomic E-state index is 3.26. The normalized spacial score (nSPS) is 13.2. The average Bonchev–Trinajstić information content (AvgIpc) is 2.35. The minimum Gasteiger partial charge on any atom is -0.318 e. The van der Waals surface area contributed by atoms with Crippen LogP contribution in [0.3, 0.4) is 0 Å². The predicted molar refractivity (Wildman–Crippen MR) is 79.0 cm³/mol. The lowest BCUT2D eigenvalue weighted by molar-refractivity contribution is 0.294. The Morgan fingerprint density at radius 2 is 1.72 bits per heavy atom. The minimum atomic E-state index is 0.417. The van der Waals surface area contributed by atoms with Crippen molar-refractivity contribution in [2.45, 2.75) is 13.0 Å². The fourth-order valence-corrected chi connectivity index (χ4v) is 2.38. The molecule has 1 N–H and O–H groups in total. The van der Waals surface area contributed by atoms with Gasteiger partial charge >= 0.3 is 0 Å². The lowest BCUT2D eigenvalue weighted by Gasteiger charge is -2.24. The first-order valence-electron chi connectivity index (χ1n) is 6.43. The second-order valence-corrected chi connectivity index (χ2v) is 5.15. The molecule has 1 atom stereocenters. The van der Waals surface area contributed by atoms with E-state index in [4.69, 9.17) is 0 Å². The van der Waals surface area contributed by atoms with Crippen LogP contribution in [0.4, 0.5) is 0 Å². The highest BCUT2D eigenvalue weighted by atomic mass is 15.1. The van der Waals surface area contributed by atoms with Crippen LogP contribution in [0.2, 0.25) is 0 Å². The lowest BCUT2D eigenvalue weighted by atomic mass is 10.00. The number of fused-ring (bicyclic) bond motifs is 1. The first-order chi connectivity index (χ1) is 8.61. The zero-order chi connectivity index (χ0) is 13.1. The summed E-state index contributed by atoms with van der Waals surface area (Å²) in [6.45, 7) is 3.10. The number of nitrogens with one attached hydrogen (secondary N) is 1. The number of hydrogen-bond donors (Lipinski definition) is 1. The van der Waals surface area contributed by atoms with Crippen molar-refractivity contribution >= 4 is 10.8 Å². The van der Waals surface area contributed by atoms with E-state index in [2.05, 4.69) is 67.6 Å². The molecule has 0 saturated heterocycles. The van der Waals surface area contributed by atoms with E-state index in [1.807, 2.05) is 7.05 Å². The van der Waals surface area contributed by atoms with Crippen molar-refractivity contribution in [3.8, 4) is 0 Å². The van der Waals surface area contributed by atoms with Crippen LogP contribution in [0, 0.1) is 6.92 Å². The highest BCUT2D eigenvalue weighted by Crippen LogP contribution is 2.23. The van der Waals surface area contributed by atoms with Crippen LogP contribution in [0.25, 0.3) is 10.8 Å². The first-order valence-corrected chi connectivity index (χ1v) is 6.43. The number of rotatable bonds is 4. The maximum Gasteiger partial charge on any atom is 0.0466 e. The molecule has 96 valence electrons. The largest absolute Gasteiger partial charge is 0.318 e. The molecule has 0 bridgehead atoms. The molecule has 18 heavy (non-hydrogen) atoms. The molecule has 0 saturated carbocycles. The molecule has 2 aromatic rings. The highest BCUT2D eigenvalue weighted by molar-refractivity contribution is 5.83. The SMILES string of the molecule is CNCC(c1ccc2cc(C)ccc2c1)N(C)C. The molecular weight excluding hydrogens is 220 g/mol. The van der Waals surface area contributed by atoms with Crippen LogP contribution < -0.4 is 5.32 Å². The third-order valence-electron chi connectivity index (χ3n) is 3.43. The number of hydrogen-bond acceptors (Lipinski definition) is 2. The summed E-state index contributed by atoms with van der Waals surface area (Å²) in [5, 5.41) is 5.90. The van der Waals surface area contributed by atoms with E-state index in [9.17, 15) is 0 Å². The first kappa shape index (κ1) is 13.1. The Hall–Kier alpha value is -1.38. The van der Waals surface area contributed by atoms with Crippen molar-refractivity contribution in [1.29, 1.82) is 0 Å². The third kappa shape index (κ3) is 2.71. The van der Waals surface area contributed by atoms with Gasteiger partial charge in [-0.25, -0.2) is 0 Å². The van der Waals surface area contributed by atoms with Crippen LogP contribution in [0.15, 0.2) is 36.4 Å². The summed E-state index contributed by atoms with van der Waals surface area (Å²) < 4.78 is 0. The van der Waals surface area contributed by atoms with Gasteiger partial charge < -0.3 is 10.2 Å². The van der Waals surface area contributed by atoms with Gasteiger partial charge in [-0.15, -0.1) is 0 Å². The van der Waals surface area contributed by atoms with E-state index in [0.717, 1.165) is 6.54 Å². The molecule has 0 heterocycles. The van der Waals surface area contributed by atoms with Crippen molar-refractivity contribution in [1.82, 2.24) is 10.2 Å². The van der Waals surface area contributed by atoms with Crippen molar-refractivity contribution in [3.63, 3.8) is 0 Å². The van der Waals surface area contributed by atoms with Gasteiger partial charge in [0.05, 0.1) is 0 Å². The summed E-state index contributed by atoms with van der Waals surface area (Å²) in [5.41, 5.74) is 2.68. The second kappa shape index (κ2) is 5.51. The smallest absolute Gasteiger partial charge is 0.0466 e. The van der Waals surface area contributed by atoms with Crippen LogP contribution in [0.1, 0.15) is 17.2 Å². The van der Waals surface area contributed by atoms with Crippen LogP contribution >= 0.6 is 0 Å². The molecule has 2 heteroatoms. The van der Waals surface area contributed by atoms with E-state index in [0.29, 0.717) is 6.04 Å². The van der Waals surface area contributed by atoms with Crippen LogP contribution in [0.5, 0.6) is 0 Å². The summed E-state index contributed by atoms with van der Waals surface area (Å²) in [5.74, 6) is 0. The van der Waals surface area contributed by atoms with Gasteiger partial charge in [0, 0.05) is 12.6 Å². The molecule has 0 fully saturated rings. The predicted octanol–water partition coefficient (Wildman–Crippen LogP) is 2.97. The summed E-state index contributed by atoms with van der Waals surface area (Å²) in [6, 6.07) is 13.8. The molecule has 0 aliphatic rings. The van der Waals surface area contributed by atoms with E-state index in [1.165, 1.54) is 21.9 Å². The summed E-state index contributed by atoms with van der Waals surface area (Å²) in [6.07, 6.45) is 0. The standard InChI is InChI=1S/C16H22N2/c1-12-5-6-14-10-15(8-7-13(14)9-12)16(11-17-2)18(3)4/h5-10,16-17H,11H2,1-4H3. The molecule has 2 aromatic carbocycles. The van der Waals surface area contributed by atoms with Crippen LogP contribution in [-0.4, -0.2) is 32.6 Å². The highest BCUT2D eigenvalue weighted by Gasteiger charge is 2.13. The maximum absolute atomic E-state index is 3.26. The monoisotopic (exact) mass is 242 g/mol. The Morgan fingerprint density at radius 3 is 2.39 bits per heavy atom. The Kier molecular flexibility index (Phi) is 4.00. The molecule has 0 aromatic heterocycles. The van der Waals surface area contributed by atoms with Gasteiger partial charge in [-0.1, -0.05) is 35.9 Å². The minimum absolute atomic E-state index is 0.417. The number of nitrogens with zero attached hydrogens (tertiary/aromatic N) is 1. The molecule has 2 rings (SSSR count). The molecule has 0 aliphatic carbocycles. The van der Waals surface area contributed by atoms with Gasteiger partial charge in [-0.05, 0) is 50.5 Å². The van der Waals surface area contributed by atoms with Crippen molar-refractivity contribution in [2.75, 3.05) is 27.7 Å².